The molecule has 1 heterocycles. The highest BCUT2D eigenvalue weighted by Gasteiger charge is 2.16. The minimum absolute atomic E-state index is 0.105. The van der Waals surface area contributed by atoms with Crippen LogP contribution in [-0.2, 0) is 9.84 Å². The van der Waals surface area contributed by atoms with Crippen LogP contribution < -0.4 is 0 Å². The molecule has 0 bridgehead atoms. The first kappa shape index (κ1) is 18.0. The lowest BCUT2D eigenvalue weighted by molar-refractivity contribution is 0.603. The summed E-state index contributed by atoms with van der Waals surface area (Å²) >= 11 is 7.81. The summed E-state index contributed by atoms with van der Waals surface area (Å²) in [7, 11) is -3.01. The molecule has 0 aliphatic rings. The second kappa shape index (κ2) is 7.64. The van der Waals surface area contributed by atoms with E-state index in [1.165, 1.54) is 18.0 Å². The molecule has 7 heteroatoms. The van der Waals surface area contributed by atoms with Gasteiger partial charge in [0.15, 0.2) is 5.16 Å². The van der Waals surface area contributed by atoms with E-state index in [1.54, 1.807) is 6.20 Å². The molecule has 0 fully saturated rings. The van der Waals surface area contributed by atoms with Crippen LogP contribution in [0.15, 0.2) is 66.0 Å². The molecule has 2 aromatic carbocycles. The summed E-state index contributed by atoms with van der Waals surface area (Å²) in [6.45, 7) is 0. The van der Waals surface area contributed by atoms with Crippen molar-refractivity contribution in [2.45, 2.75) is 5.16 Å². The summed E-state index contributed by atoms with van der Waals surface area (Å²) in [5.41, 5.74) is 2.75. The highest BCUT2D eigenvalue weighted by atomic mass is 35.5. The van der Waals surface area contributed by atoms with Gasteiger partial charge in [0.25, 0.3) is 0 Å². The minimum atomic E-state index is -3.01. The van der Waals surface area contributed by atoms with Crippen molar-refractivity contribution in [1.82, 2.24) is 9.55 Å². The standard InChI is InChI=1S/C18H17ClN2O2S2/c1-25(22,23)12-11-24-18-20-13-17(14-7-3-2-4-8-14)21(18)16-10-6-5-9-15(16)19/h2-10,13H,11-12H2,1H3. The van der Waals surface area contributed by atoms with Crippen LogP contribution in [0.2, 0.25) is 5.02 Å². The van der Waals surface area contributed by atoms with Crippen molar-refractivity contribution in [2.24, 2.45) is 0 Å². The fourth-order valence-electron chi connectivity index (χ4n) is 2.40. The monoisotopic (exact) mass is 392 g/mol. The minimum Gasteiger partial charge on any atom is -0.286 e. The van der Waals surface area contributed by atoms with Crippen molar-refractivity contribution in [3.63, 3.8) is 0 Å². The Morgan fingerprint density at radius 2 is 1.76 bits per heavy atom. The molecular weight excluding hydrogens is 376 g/mol. The molecule has 0 saturated carbocycles. The number of halogens is 1. The molecule has 25 heavy (non-hydrogen) atoms. The van der Waals surface area contributed by atoms with E-state index >= 15 is 0 Å². The SMILES string of the molecule is CS(=O)(=O)CCSc1ncc(-c2ccccc2)n1-c1ccccc1Cl. The number of hydrogen-bond donors (Lipinski definition) is 0. The predicted octanol–water partition coefficient (Wildman–Crippen LogP) is 4.33. The van der Waals surface area contributed by atoms with Gasteiger partial charge in [0.1, 0.15) is 9.84 Å². The van der Waals surface area contributed by atoms with Crippen molar-refractivity contribution in [3.05, 3.63) is 65.8 Å². The number of benzene rings is 2. The number of hydrogen-bond acceptors (Lipinski definition) is 4. The third-order valence-electron chi connectivity index (χ3n) is 3.58. The molecule has 0 atom stereocenters. The van der Waals surface area contributed by atoms with Crippen molar-refractivity contribution in [1.29, 1.82) is 0 Å². The topological polar surface area (TPSA) is 52.0 Å². The van der Waals surface area contributed by atoms with Gasteiger partial charge in [-0.1, -0.05) is 65.8 Å². The molecule has 3 rings (SSSR count). The molecule has 0 amide bonds. The number of aromatic nitrogens is 2. The summed E-state index contributed by atoms with van der Waals surface area (Å²) in [6, 6.07) is 17.5. The molecule has 0 N–H and O–H groups in total. The van der Waals surface area contributed by atoms with Gasteiger partial charge >= 0.3 is 0 Å². The number of para-hydroxylation sites is 1. The van der Waals surface area contributed by atoms with E-state index in [9.17, 15) is 8.42 Å². The molecule has 0 aliphatic carbocycles. The van der Waals surface area contributed by atoms with E-state index in [2.05, 4.69) is 4.98 Å². The summed E-state index contributed by atoms with van der Waals surface area (Å²) < 4.78 is 24.8. The van der Waals surface area contributed by atoms with E-state index in [0.29, 0.717) is 10.8 Å². The van der Waals surface area contributed by atoms with Gasteiger partial charge in [-0.25, -0.2) is 13.4 Å². The Morgan fingerprint density at radius 3 is 2.44 bits per heavy atom. The Kier molecular flexibility index (Phi) is 5.51. The number of imidazole rings is 1. The molecule has 0 radical (unpaired) electrons. The number of rotatable bonds is 6. The fourth-order valence-corrected chi connectivity index (χ4v) is 4.80. The Hall–Kier alpha value is -1.76. The molecule has 130 valence electrons. The lowest BCUT2D eigenvalue weighted by atomic mass is 10.1. The molecule has 0 spiro atoms. The molecule has 0 unspecified atom stereocenters. The molecule has 0 saturated heterocycles. The van der Waals surface area contributed by atoms with Crippen LogP contribution >= 0.6 is 23.4 Å². The number of sulfone groups is 1. The third-order valence-corrected chi connectivity index (χ3v) is 6.06. The van der Waals surface area contributed by atoms with Crippen LogP contribution in [0.5, 0.6) is 0 Å². The maximum atomic E-state index is 11.4. The fraction of sp³-hybridized carbons (Fsp3) is 0.167. The van der Waals surface area contributed by atoms with Crippen LogP contribution in [0.4, 0.5) is 0 Å². The summed E-state index contributed by atoms with van der Waals surface area (Å²) in [5.74, 6) is 0.544. The number of nitrogens with zero attached hydrogens (tertiary/aromatic N) is 2. The maximum Gasteiger partial charge on any atom is 0.173 e. The second-order valence-electron chi connectivity index (χ2n) is 5.56. The first-order chi connectivity index (χ1) is 12.0. The first-order valence-electron chi connectivity index (χ1n) is 7.64. The van der Waals surface area contributed by atoms with Crippen molar-refractivity contribution >= 4 is 33.2 Å². The van der Waals surface area contributed by atoms with Gasteiger partial charge in [-0.15, -0.1) is 0 Å². The highest BCUT2D eigenvalue weighted by molar-refractivity contribution is 8.00. The van der Waals surface area contributed by atoms with Crippen LogP contribution in [0, 0.1) is 0 Å². The summed E-state index contributed by atoms with van der Waals surface area (Å²) in [6.07, 6.45) is 3.03. The van der Waals surface area contributed by atoms with Crippen molar-refractivity contribution in [2.75, 3.05) is 17.8 Å². The van der Waals surface area contributed by atoms with E-state index in [0.717, 1.165) is 22.1 Å². The molecule has 4 nitrogen and oxygen atoms in total. The average molecular weight is 393 g/mol. The van der Waals surface area contributed by atoms with E-state index in [1.807, 2.05) is 59.2 Å². The molecule has 3 aromatic rings. The quantitative estimate of drug-likeness (QED) is 0.586. The third kappa shape index (κ3) is 4.45. The average Bonchev–Trinajstić information content (AvgIpc) is 2.99. The van der Waals surface area contributed by atoms with Crippen molar-refractivity contribution < 1.29 is 8.42 Å². The largest absolute Gasteiger partial charge is 0.286 e. The molecule has 0 aliphatic heterocycles. The van der Waals surface area contributed by atoms with Gasteiger partial charge in [0.05, 0.1) is 28.4 Å². The Bertz CT molecular complexity index is 970. The Labute approximate surface area is 156 Å². The summed E-state index contributed by atoms with van der Waals surface area (Å²) in [5, 5.41) is 1.33. The van der Waals surface area contributed by atoms with Gasteiger partial charge in [-0.2, -0.15) is 0 Å². The summed E-state index contributed by atoms with van der Waals surface area (Å²) in [4.78, 5) is 4.50. The van der Waals surface area contributed by atoms with Gasteiger partial charge in [-0.05, 0) is 12.1 Å². The normalized spacial score (nSPS) is 11.6. The van der Waals surface area contributed by atoms with Crippen LogP contribution in [0.1, 0.15) is 0 Å². The lowest BCUT2D eigenvalue weighted by Gasteiger charge is -2.13. The first-order valence-corrected chi connectivity index (χ1v) is 11.1. The van der Waals surface area contributed by atoms with E-state index in [4.69, 9.17) is 11.6 Å². The lowest BCUT2D eigenvalue weighted by Crippen LogP contribution is -2.06. The van der Waals surface area contributed by atoms with Crippen molar-refractivity contribution in [3.8, 4) is 16.9 Å². The maximum absolute atomic E-state index is 11.4. The zero-order valence-electron chi connectivity index (χ0n) is 13.6. The Morgan fingerprint density at radius 1 is 1.08 bits per heavy atom. The molecular formula is C18H17ClN2O2S2. The second-order valence-corrected chi connectivity index (χ2v) is 9.29. The zero-order valence-corrected chi connectivity index (χ0v) is 16.0. The zero-order chi connectivity index (χ0) is 17.9. The number of thioether (sulfide) groups is 1. The van der Waals surface area contributed by atoms with Crippen LogP contribution in [0.3, 0.4) is 0 Å². The molecule has 1 aromatic heterocycles. The highest BCUT2D eigenvalue weighted by Crippen LogP contribution is 2.32. The van der Waals surface area contributed by atoms with Crippen LogP contribution in [0.25, 0.3) is 16.9 Å². The Balaban J connectivity index is 2.04. The van der Waals surface area contributed by atoms with E-state index < -0.39 is 9.84 Å². The van der Waals surface area contributed by atoms with Crippen LogP contribution in [-0.4, -0.2) is 35.7 Å². The predicted molar refractivity (Wildman–Crippen MR) is 104 cm³/mol. The van der Waals surface area contributed by atoms with Gasteiger partial charge < -0.3 is 0 Å². The van der Waals surface area contributed by atoms with Gasteiger partial charge in [0, 0.05) is 17.6 Å². The van der Waals surface area contributed by atoms with E-state index in [-0.39, 0.29) is 5.75 Å². The smallest absolute Gasteiger partial charge is 0.173 e. The van der Waals surface area contributed by atoms with Gasteiger partial charge in [-0.3, -0.25) is 4.57 Å². The van der Waals surface area contributed by atoms with Gasteiger partial charge in [0.2, 0.25) is 0 Å².